The van der Waals surface area contributed by atoms with E-state index in [2.05, 4.69) is 53.6 Å². The van der Waals surface area contributed by atoms with Gasteiger partial charge in [-0.15, -0.1) is 30.4 Å². The van der Waals surface area contributed by atoms with E-state index in [-0.39, 0.29) is 24.0 Å². The molecule has 1 aromatic rings. The van der Waals surface area contributed by atoms with E-state index in [1.807, 2.05) is 6.92 Å². The van der Waals surface area contributed by atoms with Crippen molar-refractivity contribution in [2.75, 3.05) is 19.6 Å². The zero-order valence-corrected chi connectivity index (χ0v) is 14.8. The molecule has 0 heterocycles. The molecular formula is C16H24IN3. The van der Waals surface area contributed by atoms with Crippen molar-refractivity contribution in [3.63, 3.8) is 0 Å². The van der Waals surface area contributed by atoms with Crippen molar-refractivity contribution >= 4 is 29.9 Å². The summed E-state index contributed by atoms with van der Waals surface area (Å²) in [4.78, 5) is 4.50. The normalized spacial score (nSPS) is 10.4. The Balaban J connectivity index is 0.00000361. The third-order valence-electron chi connectivity index (χ3n) is 2.65. The van der Waals surface area contributed by atoms with Gasteiger partial charge in [0.15, 0.2) is 5.96 Å². The third-order valence-corrected chi connectivity index (χ3v) is 2.65. The number of terminal acetylenes is 1. The van der Waals surface area contributed by atoms with Gasteiger partial charge >= 0.3 is 0 Å². The molecule has 0 aromatic heterocycles. The minimum absolute atomic E-state index is 0. The Labute approximate surface area is 139 Å². The maximum absolute atomic E-state index is 5.23. The predicted octanol–water partition coefficient (Wildman–Crippen LogP) is 2.65. The van der Waals surface area contributed by atoms with E-state index >= 15 is 0 Å². The van der Waals surface area contributed by atoms with E-state index < -0.39 is 0 Å². The quantitative estimate of drug-likeness (QED) is 0.354. The number of halogens is 1. The largest absolute Gasteiger partial charge is 0.357 e. The molecule has 110 valence electrons. The van der Waals surface area contributed by atoms with Crippen molar-refractivity contribution in [1.29, 1.82) is 0 Å². The second kappa shape index (κ2) is 10.6. The second-order valence-corrected chi connectivity index (χ2v) is 4.56. The number of nitrogens with zero attached hydrogens (tertiary/aromatic N) is 1. The number of rotatable bonds is 5. The van der Waals surface area contributed by atoms with Crippen LogP contribution in [0, 0.1) is 26.2 Å². The number of aliphatic imine (C=N–C) groups is 1. The molecule has 0 atom stereocenters. The molecule has 0 amide bonds. The SMILES string of the molecule is C#CCNC(=NCCc1cc(C)cc(C)c1)NCC.I. The van der Waals surface area contributed by atoms with Crippen molar-refractivity contribution < 1.29 is 0 Å². The highest BCUT2D eigenvalue weighted by molar-refractivity contribution is 14.0. The van der Waals surface area contributed by atoms with E-state index in [9.17, 15) is 0 Å². The Kier molecular flexibility index (Phi) is 9.91. The van der Waals surface area contributed by atoms with Gasteiger partial charge in [0, 0.05) is 13.1 Å². The molecule has 1 aromatic carbocycles. The number of hydrogen-bond donors (Lipinski definition) is 2. The summed E-state index contributed by atoms with van der Waals surface area (Å²) in [6.45, 7) is 8.37. The van der Waals surface area contributed by atoms with Crippen LogP contribution in [0.2, 0.25) is 0 Å². The molecule has 0 aliphatic heterocycles. The van der Waals surface area contributed by atoms with E-state index in [4.69, 9.17) is 6.42 Å². The standard InChI is InChI=1S/C16H23N3.HI/c1-5-8-18-16(17-6-2)19-9-7-15-11-13(3)10-14(4)12-15;/h1,10-12H,6-9H2,2-4H3,(H2,17,18,19);1H. The van der Waals surface area contributed by atoms with E-state index in [0.717, 1.165) is 25.5 Å². The van der Waals surface area contributed by atoms with Crippen LogP contribution in [0.25, 0.3) is 0 Å². The first-order valence-corrected chi connectivity index (χ1v) is 6.68. The first kappa shape index (κ1) is 18.8. The fourth-order valence-electron chi connectivity index (χ4n) is 1.99. The van der Waals surface area contributed by atoms with Crippen LogP contribution in [0.1, 0.15) is 23.6 Å². The van der Waals surface area contributed by atoms with Crippen molar-refractivity contribution in [3.8, 4) is 12.3 Å². The van der Waals surface area contributed by atoms with Crippen LogP contribution in [0.3, 0.4) is 0 Å². The van der Waals surface area contributed by atoms with Crippen LogP contribution < -0.4 is 10.6 Å². The fraction of sp³-hybridized carbons (Fsp3) is 0.438. The van der Waals surface area contributed by atoms with Gasteiger partial charge in [0.2, 0.25) is 0 Å². The van der Waals surface area contributed by atoms with Crippen molar-refractivity contribution in [3.05, 3.63) is 34.9 Å². The monoisotopic (exact) mass is 385 g/mol. The van der Waals surface area contributed by atoms with Gasteiger partial charge in [0.1, 0.15) is 0 Å². The lowest BCUT2D eigenvalue weighted by atomic mass is 10.1. The summed E-state index contributed by atoms with van der Waals surface area (Å²) >= 11 is 0. The molecule has 0 saturated heterocycles. The lowest BCUT2D eigenvalue weighted by Gasteiger charge is -2.09. The van der Waals surface area contributed by atoms with Crippen molar-refractivity contribution in [1.82, 2.24) is 10.6 Å². The Morgan fingerprint density at radius 3 is 2.40 bits per heavy atom. The summed E-state index contributed by atoms with van der Waals surface area (Å²) in [6.07, 6.45) is 6.17. The van der Waals surface area contributed by atoms with Gasteiger partial charge in [-0.05, 0) is 32.8 Å². The molecule has 0 spiro atoms. The summed E-state index contributed by atoms with van der Waals surface area (Å²) in [7, 11) is 0. The third kappa shape index (κ3) is 7.39. The highest BCUT2D eigenvalue weighted by atomic mass is 127. The number of hydrogen-bond acceptors (Lipinski definition) is 1. The molecule has 0 unspecified atom stereocenters. The van der Waals surface area contributed by atoms with Gasteiger partial charge in [-0.25, -0.2) is 0 Å². The summed E-state index contributed by atoms with van der Waals surface area (Å²) in [5.74, 6) is 3.33. The molecule has 0 aliphatic rings. The molecule has 0 fully saturated rings. The zero-order valence-electron chi connectivity index (χ0n) is 12.5. The molecule has 0 saturated carbocycles. The summed E-state index contributed by atoms with van der Waals surface area (Å²) in [6, 6.07) is 6.61. The van der Waals surface area contributed by atoms with Gasteiger partial charge < -0.3 is 10.6 Å². The lowest BCUT2D eigenvalue weighted by molar-refractivity contribution is 0.855. The lowest BCUT2D eigenvalue weighted by Crippen LogP contribution is -2.37. The first-order valence-electron chi connectivity index (χ1n) is 6.68. The molecule has 0 radical (unpaired) electrons. The topological polar surface area (TPSA) is 36.4 Å². The van der Waals surface area contributed by atoms with Crippen LogP contribution >= 0.6 is 24.0 Å². The number of guanidine groups is 1. The molecule has 0 bridgehead atoms. The van der Waals surface area contributed by atoms with Gasteiger partial charge in [-0.2, -0.15) is 0 Å². The number of benzene rings is 1. The van der Waals surface area contributed by atoms with E-state index in [0.29, 0.717) is 6.54 Å². The smallest absolute Gasteiger partial charge is 0.192 e. The van der Waals surface area contributed by atoms with Crippen LogP contribution in [-0.2, 0) is 6.42 Å². The van der Waals surface area contributed by atoms with E-state index in [1.54, 1.807) is 0 Å². The average Bonchev–Trinajstić information content (AvgIpc) is 2.34. The molecule has 20 heavy (non-hydrogen) atoms. The molecule has 3 nitrogen and oxygen atoms in total. The summed E-state index contributed by atoms with van der Waals surface area (Å²) in [5, 5.41) is 6.25. The molecule has 2 N–H and O–H groups in total. The molecule has 4 heteroatoms. The Morgan fingerprint density at radius 1 is 1.20 bits per heavy atom. The van der Waals surface area contributed by atoms with Gasteiger partial charge in [-0.1, -0.05) is 35.2 Å². The molecular weight excluding hydrogens is 361 g/mol. The van der Waals surface area contributed by atoms with Crippen LogP contribution in [0.4, 0.5) is 0 Å². The van der Waals surface area contributed by atoms with Gasteiger partial charge in [0.25, 0.3) is 0 Å². The maximum atomic E-state index is 5.23. The minimum Gasteiger partial charge on any atom is -0.357 e. The first-order chi connectivity index (χ1) is 9.15. The summed E-state index contributed by atoms with van der Waals surface area (Å²) < 4.78 is 0. The van der Waals surface area contributed by atoms with Crippen LogP contribution in [0.5, 0.6) is 0 Å². The number of aryl methyl sites for hydroxylation is 2. The summed E-state index contributed by atoms with van der Waals surface area (Å²) in [5.41, 5.74) is 3.93. The van der Waals surface area contributed by atoms with Crippen molar-refractivity contribution in [2.45, 2.75) is 27.2 Å². The Bertz CT molecular complexity index is 455. The highest BCUT2D eigenvalue weighted by Gasteiger charge is 1.97. The highest BCUT2D eigenvalue weighted by Crippen LogP contribution is 2.09. The number of nitrogens with one attached hydrogen (secondary N) is 2. The maximum Gasteiger partial charge on any atom is 0.192 e. The Morgan fingerprint density at radius 2 is 1.85 bits per heavy atom. The minimum atomic E-state index is 0. The second-order valence-electron chi connectivity index (χ2n) is 4.56. The van der Waals surface area contributed by atoms with Crippen molar-refractivity contribution in [2.24, 2.45) is 4.99 Å². The van der Waals surface area contributed by atoms with Crippen LogP contribution in [0.15, 0.2) is 23.2 Å². The zero-order chi connectivity index (χ0) is 14.1. The molecule has 0 aliphatic carbocycles. The van der Waals surface area contributed by atoms with E-state index in [1.165, 1.54) is 16.7 Å². The Hall–Kier alpha value is -1.22. The fourth-order valence-corrected chi connectivity index (χ4v) is 1.99. The predicted molar refractivity (Wildman–Crippen MR) is 97.8 cm³/mol. The van der Waals surface area contributed by atoms with Crippen LogP contribution in [-0.4, -0.2) is 25.6 Å². The van der Waals surface area contributed by atoms with Gasteiger partial charge in [0.05, 0.1) is 6.54 Å². The van der Waals surface area contributed by atoms with Gasteiger partial charge in [-0.3, -0.25) is 4.99 Å². The molecule has 1 rings (SSSR count). The average molecular weight is 385 g/mol.